The predicted molar refractivity (Wildman–Crippen MR) is 125 cm³/mol. The standard InChI is InChI=1S/C25H28ClNO5/c1-5-27-23-17(24(30-4)16(3)18-14-31-25(29)22(18)23)12-10-15(2)11-13-21(28)32-20-9-7-6-8-19(20)26/h6-10,27H,5,11-14H2,1-4H3/b15-10+. The van der Waals surface area contributed by atoms with Crippen LogP contribution in [0, 0.1) is 6.92 Å². The molecule has 0 amide bonds. The minimum absolute atomic E-state index is 0.236. The van der Waals surface area contributed by atoms with E-state index < -0.39 is 0 Å². The summed E-state index contributed by atoms with van der Waals surface area (Å²) in [5.74, 6) is 0.459. The third kappa shape index (κ3) is 5.07. The van der Waals surface area contributed by atoms with Gasteiger partial charge in [-0.2, -0.15) is 0 Å². The molecule has 1 aliphatic heterocycles. The van der Waals surface area contributed by atoms with Crippen LogP contribution in [0.2, 0.25) is 5.02 Å². The summed E-state index contributed by atoms with van der Waals surface area (Å²) in [6.45, 7) is 6.82. The molecule has 0 aromatic heterocycles. The lowest BCUT2D eigenvalue weighted by Crippen LogP contribution is -2.11. The minimum atomic E-state index is -0.340. The average Bonchev–Trinajstić information content (AvgIpc) is 3.16. The van der Waals surface area contributed by atoms with Gasteiger partial charge in [-0.25, -0.2) is 4.79 Å². The highest BCUT2D eigenvalue weighted by molar-refractivity contribution is 6.32. The predicted octanol–water partition coefficient (Wildman–Crippen LogP) is 5.63. The van der Waals surface area contributed by atoms with Crippen molar-refractivity contribution in [2.45, 2.75) is 46.6 Å². The molecule has 1 N–H and O–H groups in total. The molecular weight excluding hydrogens is 430 g/mol. The molecule has 0 spiro atoms. The summed E-state index contributed by atoms with van der Waals surface area (Å²) in [5.41, 5.74) is 5.08. The van der Waals surface area contributed by atoms with E-state index in [0.29, 0.717) is 35.7 Å². The summed E-state index contributed by atoms with van der Waals surface area (Å²) >= 11 is 6.04. The number of cyclic esters (lactones) is 1. The number of methoxy groups -OCH3 is 1. The molecule has 32 heavy (non-hydrogen) atoms. The molecule has 0 bridgehead atoms. The van der Waals surface area contributed by atoms with Gasteiger partial charge < -0.3 is 19.5 Å². The van der Waals surface area contributed by atoms with Crippen LogP contribution < -0.4 is 14.8 Å². The summed E-state index contributed by atoms with van der Waals surface area (Å²) < 4.78 is 16.3. The molecule has 6 nitrogen and oxygen atoms in total. The molecule has 170 valence electrons. The number of nitrogens with one attached hydrogen (secondary N) is 1. The molecule has 0 aliphatic carbocycles. The van der Waals surface area contributed by atoms with E-state index in [4.69, 9.17) is 25.8 Å². The maximum absolute atomic E-state index is 12.4. The Hall–Kier alpha value is -2.99. The lowest BCUT2D eigenvalue weighted by molar-refractivity contribution is -0.134. The highest BCUT2D eigenvalue weighted by Crippen LogP contribution is 2.41. The topological polar surface area (TPSA) is 73.9 Å². The molecule has 1 aliphatic rings. The van der Waals surface area contributed by atoms with Crippen molar-refractivity contribution in [3.05, 3.63) is 63.2 Å². The lowest BCUT2D eigenvalue weighted by Gasteiger charge is -2.19. The highest BCUT2D eigenvalue weighted by Gasteiger charge is 2.31. The number of rotatable bonds is 9. The number of benzene rings is 2. The zero-order valence-electron chi connectivity index (χ0n) is 18.8. The monoisotopic (exact) mass is 457 g/mol. The van der Waals surface area contributed by atoms with E-state index in [1.807, 2.05) is 26.8 Å². The van der Waals surface area contributed by atoms with E-state index in [2.05, 4.69) is 5.32 Å². The second-order valence-electron chi connectivity index (χ2n) is 7.63. The van der Waals surface area contributed by atoms with Gasteiger partial charge in [0.05, 0.1) is 23.4 Å². The summed E-state index contributed by atoms with van der Waals surface area (Å²) in [6, 6.07) is 6.89. The third-order valence-corrected chi connectivity index (χ3v) is 5.78. The molecule has 0 unspecified atom stereocenters. The number of hydrogen-bond donors (Lipinski definition) is 1. The molecule has 0 fully saturated rings. The smallest absolute Gasteiger partial charge is 0.341 e. The van der Waals surface area contributed by atoms with Crippen molar-refractivity contribution < 1.29 is 23.8 Å². The third-order valence-electron chi connectivity index (χ3n) is 5.47. The first-order valence-electron chi connectivity index (χ1n) is 10.6. The van der Waals surface area contributed by atoms with Crippen molar-refractivity contribution in [3.8, 4) is 11.5 Å². The van der Waals surface area contributed by atoms with Crippen LogP contribution in [0.3, 0.4) is 0 Å². The molecule has 0 saturated carbocycles. The van der Waals surface area contributed by atoms with Gasteiger partial charge in [0.25, 0.3) is 0 Å². The van der Waals surface area contributed by atoms with Gasteiger partial charge in [-0.05, 0) is 51.3 Å². The van der Waals surface area contributed by atoms with Crippen LogP contribution in [0.4, 0.5) is 5.69 Å². The first-order chi connectivity index (χ1) is 15.4. The van der Waals surface area contributed by atoms with E-state index in [0.717, 1.165) is 33.7 Å². The Morgan fingerprint density at radius 2 is 2.03 bits per heavy atom. The maximum Gasteiger partial charge on any atom is 0.341 e. The van der Waals surface area contributed by atoms with Crippen LogP contribution in [-0.4, -0.2) is 25.6 Å². The van der Waals surface area contributed by atoms with E-state index in [-0.39, 0.29) is 25.0 Å². The number of carbonyl (C=O) groups is 2. The Kier molecular flexibility index (Phi) is 7.80. The largest absolute Gasteiger partial charge is 0.496 e. The minimum Gasteiger partial charge on any atom is -0.496 e. The van der Waals surface area contributed by atoms with Crippen molar-refractivity contribution in [1.82, 2.24) is 0 Å². The van der Waals surface area contributed by atoms with E-state index >= 15 is 0 Å². The molecule has 2 aromatic rings. The van der Waals surface area contributed by atoms with Crippen LogP contribution in [-0.2, 0) is 22.6 Å². The summed E-state index contributed by atoms with van der Waals surface area (Å²) in [4.78, 5) is 24.6. The van der Waals surface area contributed by atoms with Gasteiger partial charge in [-0.1, -0.05) is 35.4 Å². The van der Waals surface area contributed by atoms with E-state index in [1.165, 1.54) is 0 Å². The molecule has 3 rings (SSSR count). The van der Waals surface area contributed by atoms with Crippen molar-refractivity contribution in [2.24, 2.45) is 0 Å². The Balaban J connectivity index is 1.75. The van der Waals surface area contributed by atoms with Gasteiger partial charge in [-0.3, -0.25) is 4.79 Å². The number of fused-ring (bicyclic) bond motifs is 1. The first-order valence-corrected chi connectivity index (χ1v) is 11.0. The maximum atomic E-state index is 12.4. The molecule has 0 saturated heterocycles. The molecule has 7 heteroatoms. The zero-order chi connectivity index (χ0) is 23.3. The zero-order valence-corrected chi connectivity index (χ0v) is 19.6. The average molecular weight is 458 g/mol. The highest BCUT2D eigenvalue weighted by atomic mass is 35.5. The van der Waals surface area contributed by atoms with Crippen LogP contribution in [0.1, 0.15) is 53.7 Å². The number of carbonyl (C=O) groups excluding carboxylic acids is 2. The molecule has 0 radical (unpaired) electrons. The van der Waals surface area contributed by atoms with Crippen molar-refractivity contribution >= 4 is 29.2 Å². The van der Waals surface area contributed by atoms with Crippen LogP contribution in [0.25, 0.3) is 0 Å². The number of halogens is 1. The molecule has 1 heterocycles. The summed E-state index contributed by atoms with van der Waals surface area (Å²) in [7, 11) is 1.63. The fourth-order valence-electron chi connectivity index (χ4n) is 3.80. The van der Waals surface area contributed by atoms with Gasteiger partial charge >= 0.3 is 11.9 Å². The second-order valence-corrected chi connectivity index (χ2v) is 8.04. The van der Waals surface area contributed by atoms with Gasteiger partial charge in [-0.15, -0.1) is 0 Å². The van der Waals surface area contributed by atoms with E-state index in [9.17, 15) is 9.59 Å². The number of para-hydroxylation sites is 1. The number of ether oxygens (including phenoxy) is 3. The van der Waals surface area contributed by atoms with E-state index in [1.54, 1.807) is 31.4 Å². The number of allylic oxidation sites excluding steroid dienone is 2. The number of hydrogen-bond acceptors (Lipinski definition) is 6. The van der Waals surface area contributed by atoms with Crippen LogP contribution >= 0.6 is 11.6 Å². The Morgan fingerprint density at radius 3 is 2.72 bits per heavy atom. The SMILES string of the molecule is CCNc1c(C/C=C(\C)CCC(=O)Oc2ccccc2Cl)c(OC)c(C)c2c1C(=O)OC2. The molecular formula is C25H28ClNO5. The quantitative estimate of drug-likeness (QED) is 0.298. The van der Waals surface area contributed by atoms with Gasteiger partial charge in [0, 0.05) is 24.1 Å². The normalized spacial score (nSPS) is 12.9. The summed E-state index contributed by atoms with van der Waals surface area (Å²) in [5, 5.41) is 3.72. The van der Waals surface area contributed by atoms with Crippen molar-refractivity contribution in [3.63, 3.8) is 0 Å². The van der Waals surface area contributed by atoms with Crippen LogP contribution in [0.5, 0.6) is 11.5 Å². The first kappa shape index (κ1) is 23.7. The van der Waals surface area contributed by atoms with Crippen molar-refractivity contribution in [2.75, 3.05) is 19.0 Å². The summed E-state index contributed by atoms with van der Waals surface area (Å²) in [6.07, 6.45) is 3.39. The fraction of sp³-hybridized carbons (Fsp3) is 0.360. The number of esters is 2. The Bertz CT molecular complexity index is 1060. The lowest BCUT2D eigenvalue weighted by atomic mass is 9.93. The fourth-order valence-corrected chi connectivity index (χ4v) is 3.98. The van der Waals surface area contributed by atoms with Crippen LogP contribution in [0.15, 0.2) is 35.9 Å². The molecule has 0 atom stereocenters. The van der Waals surface area contributed by atoms with Crippen molar-refractivity contribution in [1.29, 1.82) is 0 Å². The van der Waals surface area contributed by atoms with Gasteiger partial charge in [0.2, 0.25) is 0 Å². The Morgan fingerprint density at radius 1 is 1.28 bits per heavy atom. The molecule has 2 aromatic carbocycles. The second kappa shape index (κ2) is 10.6. The van der Waals surface area contributed by atoms with Gasteiger partial charge in [0.15, 0.2) is 0 Å². The Labute approximate surface area is 193 Å². The van der Waals surface area contributed by atoms with Gasteiger partial charge in [0.1, 0.15) is 18.1 Å². The number of anilines is 1.